The Labute approximate surface area is 212 Å². The first-order valence-corrected chi connectivity index (χ1v) is 13.4. The maximum atomic E-state index is 13.2. The minimum Gasteiger partial charge on any atom is -0.497 e. The molecule has 0 unspecified atom stereocenters. The maximum absolute atomic E-state index is 13.2. The molecule has 3 aromatic rings. The summed E-state index contributed by atoms with van der Waals surface area (Å²) in [7, 11) is 1.63. The monoisotopic (exact) mass is 494 g/mol. The number of nitrogens with one attached hydrogen (secondary N) is 1. The van der Waals surface area contributed by atoms with Gasteiger partial charge in [0, 0.05) is 30.8 Å². The molecule has 194 valence electrons. The number of hydrogen-bond donors (Lipinski definition) is 1. The van der Waals surface area contributed by atoms with Gasteiger partial charge in [0.1, 0.15) is 5.75 Å². The van der Waals surface area contributed by atoms with Gasteiger partial charge in [0.25, 0.3) is 5.56 Å². The number of hydrogen-bond acceptors (Lipinski definition) is 7. The number of methoxy groups -OCH3 is 1. The van der Waals surface area contributed by atoms with Crippen molar-refractivity contribution in [2.75, 3.05) is 13.7 Å². The Morgan fingerprint density at radius 2 is 2.00 bits per heavy atom. The van der Waals surface area contributed by atoms with Crippen LogP contribution in [0, 0.1) is 5.92 Å². The molecule has 1 aliphatic heterocycles. The zero-order chi connectivity index (χ0) is 25.1. The second kappa shape index (κ2) is 11.1. The van der Waals surface area contributed by atoms with Gasteiger partial charge in [0.15, 0.2) is 5.82 Å². The third-order valence-electron chi connectivity index (χ3n) is 7.74. The Balaban J connectivity index is 1.50. The Morgan fingerprint density at radius 1 is 1.17 bits per heavy atom. The van der Waals surface area contributed by atoms with Crippen LogP contribution in [-0.2, 0) is 17.8 Å². The van der Waals surface area contributed by atoms with Crippen LogP contribution in [-0.4, -0.2) is 56.0 Å². The van der Waals surface area contributed by atoms with Crippen LogP contribution in [0.2, 0.25) is 0 Å². The van der Waals surface area contributed by atoms with E-state index in [1.54, 1.807) is 7.11 Å². The SMILES string of the molecule is COc1ccc2cc(CN(C3CCCCC3)[C@H](c3nnnn3C[C@@H]3CCCO3)C(C)C)c(=O)[nH]c2c1. The van der Waals surface area contributed by atoms with Crippen LogP contribution in [0.25, 0.3) is 10.9 Å². The molecular formula is C27H38N6O3. The second-order valence-corrected chi connectivity index (χ2v) is 10.6. The number of rotatable bonds is 9. The first-order valence-electron chi connectivity index (χ1n) is 13.4. The van der Waals surface area contributed by atoms with Gasteiger partial charge in [-0.25, -0.2) is 4.68 Å². The van der Waals surface area contributed by atoms with Crippen molar-refractivity contribution in [3.8, 4) is 5.75 Å². The molecule has 1 aromatic carbocycles. The average Bonchev–Trinajstić information content (AvgIpc) is 3.57. The average molecular weight is 495 g/mol. The number of benzene rings is 1. The highest BCUT2D eigenvalue weighted by molar-refractivity contribution is 5.80. The van der Waals surface area contributed by atoms with E-state index in [2.05, 4.69) is 39.3 Å². The normalized spacial score (nSPS) is 20.0. The second-order valence-electron chi connectivity index (χ2n) is 10.6. The molecule has 9 nitrogen and oxygen atoms in total. The highest BCUT2D eigenvalue weighted by Crippen LogP contribution is 2.35. The van der Waals surface area contributed by atoms with E-state index in [4.69, 9.17) is 9.47 Å². The van der Waals surface area contributed by atoms with Crippen molar-refractivity contribution in [2.24, 2.45) is 5.92 Å². The van der Waals surface area contributed by atoms with E-state index in [0.29, 0.717) is 19.1 Å². The number of fused-ring (bicyclic) bond motifs is 1. The number of aromatic amines is 1. The van der Waals surface area contributed by atoms with Gasteiger partial charge in [0.2, 0.25) is 0 Å². The molecule has 5 rings (SSSR count). The van der Waals surface area contributed by atoms with Gasteiger partial charge in [-0.2, -0.15) is 0 Å². The van der Waals surface area contributed by atoms with E-state index in [-0.39, 0.29) is 23.6 Å². The van der Waals surface area contributed by atoms with Gasteiger partial charge < -0.3 is 14.5 Å². The van der Waals surface area contributed by atoms with E-state index in [1.165, 1.54) is 19.3 Å². The van der Waals surface area contributed by atoms with Gasteiger partial charge in [-0.3, -0.25) is 9.69 Å². The number of tetrazole rings is 1. The standard InChI is InChI=1S/C27H38N6O3/c1-18(2)25(26-29-30-31-33(26)17-23-10-7-13-36-23)32(21-8-5-4-6-9-21)16-20-14-19-11-12-22(35-3)15-24(19)28-27(20)34/h11-12,14-15,18,21,23,25H,4-10,13,16-17H2,1-3H3,(H,28,34)/t23-,25-/m0/s1. The van der Waals surface area contributed by atoms with E-state index < -0.39 is 0 Å². The van der Waals surface area contributed by atoms with Crippen LogP contribution in [0.4, 0.5) is 0 Å². The molecular weight excluding hydrogens is 456 g/mol. The smallest absolute Gasteiger partial charge is 0.252 e. The summed E-state index contributed by atoms with van der Waals surface area (Å²) in [6.45, 7) is 6.48. The molecule has 0 bridgehead atoms. The summed E-state index contributed by atoms with van der Waals surface area (Å²) >= 11 is 0. The molecule has 2 atom stereocenters. The van der Waals surface area contributed by atoms with Crippen molar-refractivity contribution in [2.45, 2.75) is 90.1 Å². The van der Waals surface area contributed by atoms with E-state index in [0.717, 1.165) is 60.3 Å². The van der Waals surface area contributed by atoms with Crippen molar-refractivity contribution in [1.29, 1.82) is 0 Å². The Bertz CT molecular complexity index is 1210. The molecule has 9 heteroatoms. The lowest BCUT2D eigenvalue weighted by Crippen LogP contribution is -2.43. The minimum atomic E-state index is -0.0574. The lowest BCUT2D eigenvalue weighted by atomic mass is 9.90. The molecule has 2 aliphatic rings. The van der Waals surface area contributed by atoms with Crippen LogP contribution < -0.4 is 10.3 Å². The Hall–Kier alpha value is -2.78. The number of pyridine rings is 1. The van der Waals surface area contributed by atoms with Crippen molar-refractivity contribution in [1.82, 2.24) is 30.1 Å². The molecule has 1 saturated heterocycles. The van der Waals surface area contributed by atoms with Gasteiger partial charge in [-0.1, -0.05) is 33.1 Å². The molecule has 36 heavy (non-hydrogen) atoms. The fourth-order valence-electron chi connectivity index (χ4n) is 5.90. The summed E-state index contributed by atoms with van der Waals surface area (Å²) < 4.78 is 13.2. The third-order valence-corrected chi connectivity index (χ3v) is 7.74. The summed E-state index contributed by atoms with van der Waals surface area (Å²) in [6.07, 6.45) is 8.21. The predicted octanol–water partition coefficient (Wildman–Crippen LogP) is 4.23. The summed E-state index contributed by atoms with van der Waals surface area (Å²) in [4.78, 5) is 18.8. The van der Waals surface area contributed by atoms with Gasteiger partial charge in [-0.15, -0.1) is 5.10 Å². The molecule has 2 fully saturated rings. The maximum Gasteiger partial charge on any atom is 0.252 e. The minimum absolute atomic E-state index is 0.00420. The third kappa shape index (κ3) is 5.32. The zero-order valence-corrected chi connectivity index (χ0v) is 21.7. The summed E-state index contributed by atoms with van der Waals surface area (Å²) in [5.74, 6) is 1.87. The van der Waals surface area contributed by atoms with Crippen LogP contribution in [0.1, 0.15) is 76.2 Å². The van der Waals surface area contributed by atoms with Crippen LogP contribution in [0.3, 0.4) is 0 Å². The molecule has 0 amide bonds. The highest BCUT2D eigenvalue weighted by atomic mass is 16.5. The predicted molar refractivity (Wildman–Crippen MR) is 138 cm³/mol. The summed E-state index contributed by atoms with van der Waals surface area (Å²) in [6, 6.07) is 8.20. The van der Waals surface area contributed by atoms with Crippen LogP contribution in [0.5, 0.6) is 5.75 Å². The van der Waals surface area contributed by atoms with E-state index >= 15 is 0 Å². The molecule has 1 aliphatic carbocycles. The Kier molecular flexibility index (Phi) is 7.67. The molecule has 1 saturated carbocycles. The van der Waals surface area contributed by atoms with E-state index in [9.17, 15) is 4.79 Å². The zero-order valence-electron chi connectivity index (χ0n) is 21.7. The largest absolute Gasteiger partial charge is 0.497 e. The van der Waals surface area contributed by atoms with Gasteiger partial charge in [-0.05, 0) is 65.6 Å². The highest BCUT2D eigenvalue weighted by Gasteiger charge is 2.35. The lowest BCUT2D eigenvalue weighted by molar-refractivity contribution is 0.0553. The first kappa shape index (κ1) is 24.9. The van der Waals surface area contributed by atoms with Crippen molar-refractivity contribution in [3.05, 3.63) is 46.0 Å². The number of ether oxygens (including phenoxy) is 2. The molecule has 0 spiro atoms. The van der Waals surface area contributed by atoms with Crippen molar-refractivity contribution < 1.29 is 9.47 Å². The summed E-state index contributed by atoms with van der Waals surface area (Å²) in [5, 5.41) is 14.0. The Morgan fingerprint density at radius 3 is 2.72 bits per heavy atom. The van der Waals surface area contributed by atoms with E-state index in [1.807, 2.05) is 28.9 Å². The van der Waals surface area contributed by atoms with Gasteiger partial charge in [0.05, 0.1) is 31.3 Å². The fraction of sp³-hybridized carbons (Fsp3) is 0.630. The number of aromatic nitrogens is 5. The summed E-state index contributed by atoms with van der Waals surface area (Å²) in [5.41, 5.74) is 1.49. The van der Waals surface area contributed by atoms with Crippen LogP contribution >= 0.6 is 0 Å². The fourth-order valence-corrected chi connectivity index (χ4v) is 5.90. The molecule has 3 heterocycles. The lowest BCUT2D eigenvalue weighted by Gasteiger charge is -2.41. The first-order chi connectivity index (χ1) is 17.5. The van der Waals surface area contributed by atoms with Gasteiger partial charge >= 0.3 is 0 Å². The topological polar surface area (TPSA) is 98.2 Å². The quantitative estimate of drug-likeness (QED) is 0.475. The molecule has 0 radical (unpaired) electrons. The van der Waals surface area contributed by atoms with Crippen molar-refractivity contribution in [3.63, 3.8) is 0 Å². The molecule has 1 N–H and O–H groups in total. The molecule has 2 aromatic heterocycles. The van der Waals surface area contributed by atoms with Crippen LogP contribution in [0.15, 0.2) is 29.1 Å². The number of nitrogens with zero attached hydrogens (tertiary/aromatic N) is 5. The van der Waals surface area contributed by atoms with Crippen molar-refractivity contribution >= 4 is 10.9 Å². The number of H-pyrrole nitrogens is 1.